The van der Waals surface area contributed by atoms with Gasteiger partial charge in [0, 0.05) is 5.41 Å². The first kappa shape index (κ1) is 15.7. The molecule has 24 heavy (non-hydrogen) atoms. The van der Waals surface area contributed by atoms with Gasteiger partial charge in [0.25, 0.3) is 0 Å². The zero-order valence-electron chi connectivity index (χ0n) is 13.9. The Labute approximate surface area is 140 Å². The third kappa shape index (κ3) is 1.55. The van der Waals surface area contributed by atoms with E-state index in [1.165, 1.54) is 7.11 Å². The minimum Gasteiger partial charge on any atom is -0.508 e. The summed E-state index contributed by atoms with van der Waals surface area (Å²) in [5.41, 5.74) is 0.757. The van der Waals surface area contributed by atoms with E-state index in [1.807, 2.05) is 6.07 Å². The highest BCUT2D eigenvalue weighted by molar-refractivity contribution is 5.84. The fourth-order valence-electron chi connectivity index (χ4n) is 5.57. The molecule has 0 heterocycles. The van der Waals surface area contributed by atoms with Crippen LogP contribution in [0.1, 0.15) is 47.8 Å². The van der Waals surface area contributed by atoms with Crippen LogP contribution >= 0.6 is 0 Å². The number of carbonyl (C=O) groups excluding carboxylic acids is 1. The van der Waals surface area contributed by atoms with Gasteiger partial charge < -0.3 is 20.1 Å². The number of carbonyl (C=O) groups is 1. The van der Waals surface area contributed by atoms with Gasteiger partial charge in [-0.15, -0.1) is 0 Å². The van der Waals surface area contributed by atoms with Crippen LogP contribution in [0.2, 0.25) is 0 Å². The minimum absolute atomic E-state index is 0.0644. The second-order valence-electron chi connectivity index (χ2n) is 7.51. The number of aliphatic hydroxyl groups is 2. The fourth-order valence-corrected chi connectivity index (χ4v) is 5.57. The smallest absolute Gasteiger partial charge is 0.313 e. The van der Waals surface area contributed by atoms with Crippen LogP contribution in [0.25, 0.3) is 0 Å². The van der Waals surface area contributed by atoms with Gasteiger partial charge in [-0.3, -0.25) is 4.79 Å². The number of aromatic hydroxyl groups is 1. The molecule has 1 aromatic rings. The Morgan fingerprint density at radius 3 is 2.79 bits per heavy atom. The molecule has 1 spiro atoms. The van der Waals surface area contributed by atoms with Crippen molar-refractivity contribution >= 4 is 5.97 Å². The lowest BCUT2D eigenvalue weighted by Gasteiger charge is -2.42. The molecule has 0 amide bonds. The van der Waals surface area contributed by atoms with Crippen molar-refractivity contribution in [2.45, 2.75) is 49.7 Å². The van der Waals surface area contributed by atoms with Gasteiger partial charge in [0.2, 0.25) is 0 Å². The summed E-state index contributed by atoms with van der Waals surface area (Å²) in [5, 5.41) is 32.1. The monoisotopic (exact) mass is 330 g/mol. The Bertz CT molecular complexity index is 769. The number of benzene rings is 1. The normalized spacial score (nSPS) is 39.5. The Morgan fingerprint density at radius 2 is 2.12 bits per heavy atom. The van der Waals surface area contributed by atoms with Gasteiger partial charge in [0.15, 0.2) is 0 Å². The molecule has 5 nitrogen and oxygen atoms in total. The van der Waals surface area contributed by atoms with Gasteiger partial charge in [-0.1, -0.05) is 12.6 Å². The Morgan fingerprint density at radius 1 is 1.42 bits per heavy atom. The summed E-state index contributed by atoms with van der Waals surface area (Å²) in [6.07, 6.45) is 0.493. The molecule has 2 fully saturated rings. The predicted octanol–water partition coefficient (Wildman–Crippen LogP) is 1.89. The maximum absolute atomic E-state index is 12.7. The molecule has 4 rings (SSSR count). The molecule has 0 radical (unpaired) electrons. The zero-order valence-corrected chi connectivity index (χ0v) is 13.9. The van der Waals surface area contributed by atoms with Crippen molar-refractivity contribution in [3.8, 4) is 5.75 Å². The van der Waals surface area contributed by atoms with Crippen molar-refractivity contribution in [2.24, 2.45) is 5.41 Å². The Kier molecular flexibility index (Phi) is 3.01. The van der Waals surface area contributed by atoms with Gasteiger partial charge in [-0.25, -0.2) is 0 Å². The lowest BCUT2D eigenvalue weighted by molar-refractivity contribution is -0.149. The topological polar surface area (TPSA) is 87.0 Å². The van der Waals surface area contributed by atoms with Crippen molar-refractivity contribution in [2.75, 3.05) is 7.11 Å². The quantitative estimate of drug-likeness (QED) is 0.541. The summed E-state index contributed by atoms with van der Waals surface area (Å²) in [4.78, 5) is 12.7. The van der Waals surface area contributed by atoms with Crippen molar-refractivity contribution < 1.29 is 24.9 Å². The van der Waals surface area contributed by atoms with Crippen molar-refractivity contribution in [3.05, 3.63) is 41.0 Å². The van der Waals surface area contributed by atoms with Gasteiger partial charge in [-0.2, -0.15) is 0 Å². The molecule has 3 aliphatic rings. The van der Waals surface area contributed by atoms with Crippen molar-refractivity contribution in [1.29, 1.82) is 0 Å². The molecule has 5 atom stereocenters. The highest BCUT2D eigenvalue weighted by atomic mass is 16.5. The summed E-state index contributed by atoms with van der Waals surface area (Å²) in [6, 6.07) is 3.48. The molecule has 0 aromatic heterocycles. The maximum Gasteiger partial charge on any atom is 0.313 e. The maximum atomic E-state index is 12.7. The number of fused-ring (bicyclic) bond motifs is 3. The highest BCUT2D eigenvalue weighted by Crippen LogP contribution is 2.71. The van der Waals surface area contributed by atoms with Crippen LogP contribution in [0.4, 0.5) is 0 Å². The van der Waals surface area contributed by atoms with E-state index >= 15 is 0 Å². The van der Waals surface area contributed by atoms with Crippen LogP contribution in [-0.4, -0.2) is 40.1 Å². The summed E-state index contributed by atoms with van der Waals surface area (Å²) in [5.74, 6) is -1.09. The molecule has 5 heteroatoms. The van der Waals surface area contributed by atoms with Gasteiger partial charge >= 0.3 is 5.97 Å². The Balaban J connectivity index is 2.02. The first-order valence-corrected chi connectivity index (χ1v) is 8.28. The third-order valence-corrected chi connectivity index (χ3v) is 6.69. The summed E-state index contributed by atoms with van der Waals surface area (Å²) >= 11 is 0. The molecule has 2 bridgehead atoms. The van der Waals surface area contributed by atoms with E-state index in [0.717, 1.165) is 11.1 Å². The number of rotatable bonds is 1. The highest BCUT2D eigenvalue weighted by Gasteiger charge is 2.70. The van der Waals surface area contributed by atoms with Crippen molar-refractivity contribution in [3.63, 3.8) is 0 Å². The van der Waals surface area contributed by atoms with Crippen molar-refractivity contribution in [1.82, 2.24) is 0 Å². The molecule has 3 N–H and O–H groups in total. The van der Waals surface area contributed by atoms with Gasteiger partial charge in [-0.05, 0) is 60.4 Å². The standard InChI is InChI=1S/C19H22O5/c1-9-13(20)5-4-11-12-6-7-18(23)8-19(12,16(21)10(18)2)15(14(9)11)17(22)24-3/h4-5,12,15-16,20-21,23H,2,6-8H2,1,3H3/t12-,15+,16?,18-,19+/m0/s1. The van der Waals surface area contributed by atoms with Crippen LogP contribution in [0.15, 0.2) is 24.3 Å². The average molecular weight is 330 g/mol. The number of ether oxygens (including phenoxy) is 1. The molecule has 3 aliphatic carbocycles. The number of hydrogen-bond donors (Lipinski definition) is 3. The van der Waals surface area contributed by atoms with Crippen LogP contribution in [0.5, 0.6) is 5.75 Å². The SMILES string of the molecule is C=C1C(O)[C@]23C[C@@]1(O)CC[C@H]2c1ccc(O)c(C)c1[C@@H]3C(=O)OC. The van der Waals surface area contributed by atoms with E-state index in [1.54, 1.807) is 13.0 Å². The molecular weight excluding hydrogens is 308 g/mol. The van der Waals surface area contributed by atoms with E-state index in [4.69, 9.17) is 4.74 Å². The molecule has 0 aliphatic heterocycles. The largest absolute Gasteiger partial charge is 0.508 e. The lowest BCUT2D eigenvalue weighted by Crippen LogP contribution is -2.44. The van der Waals surface area contributed by atoms with E-state index in [2.05, 4.69) is 6.58 Å². The van der Waals surface area contributed by atoms with Crippen LogP contribution < -0.4 is 0 Å². The molecule has 1 aromatic carbocycles. The molecular formula is C19H22O5. The van der Waals surface area contributed by atoms with E-state index in [0.29, 0.717) is 30.4 Å². The van der Waals surface area contributed by atoms with Gasteiger partial charge in [0.1, 0.15) is 5.75 Å². The summed E-state index contributed by atoms with van der Waals surface area (Å²) in [7, 11) is 1.33. The van der Waals surface area contributed by atoms with E-state index in [9.17, 15) is 20.1 Å². The number of esters is 1. The number of hydrogen-bond acceptors (Lipinski definition) is 5. The van der Waals surface area contributed by atoms with Crippen LogP contribution in [-0.2, 0) is 9.53 Å². The fraction of sp³-hybridized carbons (Fsp3) is 0.526. The molecule has 0 saturated heterocycles. The molecule has 1 unspecified atom stereocenters. The number of phenolic OH excluding ortho intramolecular Hbond substituents is 1. The van der Waals surface area contributed by atoms with Crippen LogP contribution in [0.3, 0.4) is 0 Å². The van der Waals surface area contributed by atoms with Gasteiger partial charge in [0.05, 0.1) is 24.7 Å². The summed E-state index contributed by atoms with van der Waals surface area (Å²) < 4.78 is 5.05. The lowest BCUT2D eigenvalue weighted by atomic mass is 9.62. The third-order valence-electron chi connectivity index (χ3n) is 6.69. The second kappa shape index (κ2) is 4.61. The first-order chi connectivity index (χ1) is 11.3. The summed E-state index contributed by atoms with van der Waals surface area (Å²) in [6.45, 7) is 5.70. The van der Waals surface area contributed by atoms with E-state index < -0.39 is 29.0 Å². The first-order valence-electron chi connectivity index (χ1n) is 8.28. The molecule has 128 valence electrons. The molecule has 2 saturated carbocycles. The minimum atomic E-state index is -1.14. The van der Waals surface area contributed by atoms with E-state index in [-0.39, 0.29) is 11.7 Å². The Hall–Kier alpha value is -1.85. The van der Waals surface area contributed by atoms with Crippen LogP contribution in [0, 0.1) is 12.3 Å². The average Bonchev–Trinajstić information content (AvgIpc) is 2.93. The second-order valence-corrected chi connectivity index (χ2v) is 7.51. The number of phenols is 1. The number of aliphatic hydroxyl groups excluding tert-OH is 1. The predicted molar refractivity (Wildman–Crippen MR) is 86.7 cm³/mol. The zero-order chi connectivity index (χ0) is 17.4. The number of methoxy groups -OCH3 is 1.